The number of aromatic nitrogens is 1. The number of aryl methyl sites for hydroxylation is 1. The highest BCUT2D eigenvalue weighted by Crippen LogP contribution is 2.27. The summed E-state index contributed by atoms with van der Waals surface area (Å²) in [6, 6.07) is 6.67. The van der Waals surface area contributed by atoms with E-state index in [-0.39, 0.29) is 12.2 Å². The molecular formula is C12H12N2O3S. The molecule has 0 aliphatic carbocycles. The van der Waals surface area contributed by atoms with Gasteiger partial charge in [-0.25, -0.2) is 4.98 Å². The monoisotopic (exact) mass is 264 g/mol. The van der Waals surface area contributed by atoms with Crippen LogP contribution in [0.15, 0.2) is 24.3 Å². The minimum Gasteiger partial charge on any atom is -0.508 e. The molecule has 0 fully saturated rings. The summed E-state index contributed by atoms with van der Waals surface area (Å²) in [7, 11) is 0. The molecule has 0 aliphatic rings. The van der Waals surface area contributed by atoms with Gasteiger partial charge in [-0.3, -0.25) is 4.79 Å². The van der Waals surface area contributed by atoms with Crippen molar-refractivity contribution >= 4 is 28.1 Å². The number of nitrogens with one attached hydrogen (secondary N) is 1. The van der Waals surface area contributed by atoms with Crippen molar-refractivity contribution in [1.29, 1.82) is 0 Å². The van der Waals surface area contributed by atoms with Crippen LogP contribution in [0, 0.1) is 6.92 Å². The van der Waals surface area contributed by atoms with Crippen LogP contribution < -0.4 is 5.32 Å². The molecule has 0 bridgehead atoms. The zero-order valence-electron chi connectivity index (χ0n) is 9.67. The standard InChI is InChI=1S/C12H12N2O3S/c1-7-10(6-11(16)17)18-12(13-7)14-8-3-2-4-9(15)5-8/h2-5,15H,6H2,1H3,(H,13,14)(H,16,17). The first kappa shape index (κ1) is 12.4. The highest BCUT2D eigenvalue weighted by atomic mass is 32.1. The number of aliphatic carboxylic acids is 1. The third kappa shape index (κ3) is 2.98. The first-order valence-corrected chi connectivity index (χ1v) is 6.10. The lowest BCUT2D eigenvalue weighted by atomic mass is 10.3. The number of hydrogen-bond donors (Lipinski definition) is 3. The highest BCUT2D eigenvalue weighted by molar-refractivity contribution is 7.15. The molecule has 0 aliphatic heterocycles. The average Bonchev–Trinajstić information content (AvgIpc) is 2.58. The van der Waals surface area contributed by atoms with Crippen LogP contribution in [0.1, 0.15) is 10.6 Å². The van der Waals surface area contributed by atoms with Crippen LogP contribution in [0.4, 0.5) is 10.8 Å². The van der Waals surface area contributed by atoms with Crippen molar-refractivity contribution in [2.24, 2.45) is 0 Å². The zero-order valence-corrected chi connectivity index (χ0v) is 10.5. The lowest BCUT2D eigenvalue weighted by molar-refractivity contribution is -0.136. The average molecular weight is 264 g/mol. The first-order chi connectivity index (χ1) is 8.54. The van der Waals surface area contributed by atoms with E-state index in [1.54, 1.807) is 31.2 Å². The van der Waals surface area contributed by atoms with E-state index in [9.17, 15) is 9.90 Å². The van der Waals surface area contributed by atoms with Gasteiger partial charge in [0.1, 0.15) is 5.75 Å². The first-order valence-electron chi connectivity index (χ1n) is 5.29. The Balaban J connectivity index is 2.17. The number of nitrogens with zero attached hydrogens (tertiary/aromatic N) is 1. The molecule has 0 saturated heterocycles. The predicted octanol–water partition coefficient (Wildman–Crippen LogP) is 2.53. The molecule has 1 aromatic heterocycles. The second kappa shape index (κ2) is 5.05. The normalized spacial score (nSPS) is 10.3. The molecule has 2 rings (SSSR count). The summed E-state index contributed by atoms with van der Waals surface area (Å²) in [6.07, 6.45) is -0.0226. The van der Waals surface area contributed by atoms with Gasteiger partial charge in [0.2, 0.25) is 0 Å². The van der Waals surface area contributed by atoms with Crippen molar-refractivity contribution in [3.63, 3.8) is 0 Å². The summed E-state index contributed by atoms with van der Waals surface area (Å²) in [5.41, 5.74) is 1.43. The van der Waals surface area contributed by atoms with Gasteiger partial charge in [-0.1, -0.05) is 6.07 Å². The number of carboxylic acids is 1. The van der Waals surface area contributed by atoms with E-state index in [0.29, 0.717) is 16.5 Å². The number of carbonyl (C=O) groups is 1. The Kier molecular flexibility index (Phi) is 3.47. The number of phenolic OH excluding ortho intramolecular Hbond substituents is 1. The van der Waals surface area contributed by atoms with Crippen molar-refractivity contribution in [2.75, 3.05) is 5.32 Å². The maximum atomic E-state index is 10.7. The van der Waals surface area contributed by atoms with Crippen LogP contribution in [-0.4, -0.2) is 21.2 Å². The number of hydrogen-bond acceptors (Lipinski definition) is 5. The second-order valence-electron chi connectivity index (χ2n) is 3.77. The molecule has 0 saturated carbocycles. The van der Waals surface area contributed by atoms with Crippen LogP contribution in [0.25, 0.3) is 0 Å². The molecule has 18 heavy (non-hydrogen) atoms. The molecule has 0 amide bonds. The van der Waals surface area contributed by atoms with Crippen LogP contribution in [-0.2, 0) is 11.2 Å². The summed E-state index contributed by atoms with van der Waals surface area (Å²) in [4.78, 5) is 15.6. The fraction of sp³-hybridized carbons (Fsp3) is 0.167. The Morgan fingerprint density at radius 1 is 1.50 bits per heavy atom. The Bertz CT molecular complexity index is 580. The Morgan fingerprint density at radius 2 is 2.28 bits per heavy atom. The molecule has 6 heteroatoms. The third-order valence-corrected chi connectivity index (χ3v) is 3.37. The number of anilines is 2. The molecule has 0 unspecified atom stereocenters. The number of phenols is 1. The maximum Gasteiger partial charge on any atom is 0.308 e. The molecule has 1 aromatic carbocycles. The van der Waals surface area contributed by atoms with E-state index in [0.717, 1.165) is 4.88 Å². The third-order valence-electron chi connectivity index (χ3n) is 2.30. The number of carboxylic acid groups (broad SMARTS) is 1. The van der Waals surface area contributed by atoms with Gasteiger partial charge in [0.05, 0.1) is 12.1 Å². The minimum absolute atomic E-state index is 0.0226. The quantitative estimate of drug-likeness (QED) is 0.790. The Labute approximate surface area is 108 Å². The second-order valence-corrected chi connectivity index (χ2v) is 4.86. The predicted molar refractivity (Wildman–Crippen MR) is 69.6 cm³/mol. The van der Waals surface area contributed by atoms with E-state index in [4.69, 9.17) is 5.11 Å². The van der Waals surface area contributed by atoms with E-state index in [1.807, 2.05) is 0 Å². The van der Waals surface area contributed by atoms with Gasteiger partial charge in [0.15, 0.2) is 5.13 Å². The molecule has 0 spiro atoms. The van der Waals surface area contributed by atoms with Gasteiger partial charge < -0.3 is 15.5 Å². The highest BCUT2D eigenvalue weighted by Gasteiger charge is 2.11. The molecular weight excluding hydrogens is 252 g/mol. The van der Waals surface area contributed by atoms with Gasteiger partial charge in [0.25, 0.3) is 0 Å². The van der Waals surface area contributed by atoms with Crippen molar-refractivity contribution in [3.05, 3.63) is 34.8 Å². The topological polar surface area (TPSA) is 82.5 Å². The number of thiazole rings is 1. The summed E-state index contributed by atoms with van der Waals surface area (Å²) in [6.45, 7) is 1.78. The minimum atomic E-state index is -0.870. The number of benzene rings is 1. The van der Waals surface area contributed by atoms with Crippen LogP contribution in [0.5, 0.6) is 5.75 Å². The SMILES string of the molecule is Cc1nc(Nc2cccc(O)c2)sc1CC(=O)O. The lowest BCUT2D eigenvalue weighted by Gasteiger charge is -2.01. The molecule has 5 nitrogen and oxygen atoms in total. The lowest BCUT2D eigenvalue weighted by Crippen LogP contribution is -1.99. The zero-order chi connectivity index (χ0) is 13.1. The molecule has 0 radical (unpaired) electrons. The van der Waals surface area contributed by atoms with E-state index in [2.05, 4.69) is 10.3 Å². The van der Waals surface area contributed by atoms with E-state index in [1.165, 1.54) is 11.3 Å². The molecule has 2 aromatic rings. The summed E-state index contributed by atoms with van der Waals surface area (Å²) in [5.74, 6) is -0.704. The summed E-state index contributed by atoms with van der Waals surface area (Å²) >= 11 is 1.30. The molecule has 94 valence electrons. The summed E-state index contributed by atoms with van der Waals surface area (Å²) in [5, 5.41) is 21.7. The Hall–Kier alpha value is -2.08. The number of rotatable bonds is 4. The van der Waals surface area contributed by atoms with Gasteiger partial charge in [-0.2, -0.15) is 0 Å². The van der Waals surface area contributed by atoms with Gasteiger partial charge in [0, 0.05) is 16.6 Å². The van der Waals surface area contributed by atoms with Crippen molar-refractivity contribution in [1.82, 2.24) is 4.98 Å². The van der Waals surface area contributed by atoms with Gasteiger partial charge >= 0.3 is 5.97 Å². The van der Waals surface area contributed by atoms with Crippen LogP contribution in [0.3, 0.4) is 0 Å². The smallest absolute Gasteiger partial charge is 0.308 e. The molecule has 1 heterocycles. The van der Waals surface area contributed by atoms with Crippen LogP contribution >= 0.6 is 11.3 Å². The van der Waals surface area contributed by atoms with Gasteiger partial charge in [-0.15, -0.1) is 11.3 Å². The maximum absolute atomic E-state index is 10.7. The van der Waals surface area contributed by atoms with Crippen molar-refractivity contribution in [2.45, 2.75) is 13.3 Å². The molecule has 0 atom stereocenters. The fourth-order valence-corrected chi connectivity index (χ4v) is 2.46. The van der Waals surface area contributed by atoms with Crippen molar-refractivity contribution in [3.8, 4) is 5.75 Å². The Morgan fingerprint density at radius 3 is 2.94 bits per heavy atom. The van der Waals surface area contributed by atoms with Gasteiger partial charge in [-0.05, 0) is 19.1 Å². The molecule has 3 N–H and O–H groups in total. The largest absolute Gasteiger partial charge is 0.508 e. The fourth-order valence-electron chi connectivity index (χ4n) is 1.49. The van der Waals surface area contributed by atoms with E-state index < -0.39 is 5.97 Å². The summed E-state index contributed by atoms with van der Waals surface area (Å²) < 4.78 is 0. The number of aromatic hydroxyl groups is 1. The van der Waals surface area contributed by atoms with Crippen LogP contribution in [0.2, 0.25) is 0 Å². The van der Waals surface area contributed by atoms with Crippen molar-refractivity contribution < 1.29 is 15.0 Å². The van der Waals surface area contributed by atoms with E-state index >= 15 is 0 Å².